The number of carbonyl (C=O) groups excluding carboxylic acids is 1. The van der Waals surface area contributed by atoms with Gasteiger partial charge in [-0.3, -0.25) is 9.69 Å². The van der Waals surface area contributed by atoms with Crippen molar-refractivity contribution in [3.63, 3.8) is 0 Å². The number of benzene rings is 1. The highest BCUT2D eigenvalue weighted by Crippen LogP contribution is 2.11. The molecule has 2 rings (SSSR count). The van der Waals surface area contributed by atoms with Gasteiger partial charge in [0.05, 0.1) is 6.54 Å². The van der Waals surface area contributed by atoms with Crippen molar-refractivity contribution in [1.29, 1.82) is 0 Å². The monoisotopic (exact) mass is 343 g/mol. The van der Waals surface area contributed by atoms with Crippen molar-refractivity contribution >= 4 is 18.3 Å². The second-order valence-electron chi connectivity index (χ2n) is 5.94. The van der Waals surface area contributed by atoms with Gasteiger partial charge < -0.3 is 10.6 Å². The molecule has 4 nitrogen and oxygen atoms in total. The molecule has 1 atom stereocenters. The summed E-state index contributed by atoms with van der Waals surface area (Å²) in [6.45, 7) is 6.96. The fourth-order valence-electron chi connectivity index (χ4n) is 2.81. The third kappa shape index (κ3) is 7.29. The van der Waals surface area contributed by atoms with E-state index in [0.717, 1.165) is 31.7 Å². The molecule has 1 unspecified atom stereocenters. The van der Waals surface area contributed by atoms with Gasteiger partial charge in [-0.2, -0.15) is 0 Å². The zero-order chi connectivity index (χ0) is 15.8. The largest absolute Gasteiger partial charge is 0.351 e. The Morgan fingerprint density at radius 2 is 2.13 bits per heavy atom. The molecule has 1 heterocycles. The standard InChI is InChI=1S/C17H26FN3O.ClH/c1-2-21(12-15-4-3-9-19-10-15)13-17(22)20-11-14-5-7-16(18)8-6-14;/h5-8,15,19H,2-4,9-13H2,1H3,(H,20,22);1H. The molecule has 130 valence electrons. The van der Waals surface area contributed by atoms with E-state index in [-0.39, 0.29) is 24.1 Å². The predicted molar refractivity (Wildman–Crippen MR) is 93.2 cm³/mol. The number of piperidine rings is 1. The molecule has 1 aliphatic rings. The normalized spacial score (nSPS) is 17.6. The number of hydrogen-bond acceptors (Lipinski definition) is 3. The number of nitrogens with one attached hydrogen (secondary N) is 2. The number of likely N-dealkylation sites (N-methyl/N-ethyl adjacent to an activating group) is 1. The third-order valence-corrected chi connectivity index (χ3v) is 4.13. The molecular weight excluding hydrogens is 317 g/mol. The second-order valence-corrected chi connectivity index (χ2v) is 5.94. The molecule has 0 spiro atoms. The predicted octanol–water partition coefficient (Wildman–Crippen LogP) is 2.19. The van der Waals surface area contributed by atoms with Crippen LogP contribution in [0.2, 0.25) is 0 Å². The van der Waals surface area contributed by atoms with E-state index in [0.29, 0.717) is 19.0 Å². The van der Waals surface area contributed by atoms with E-state index in [1.807, 2.05) is 0 Å². The van der Waals surface area contributed by atoms with Gasteiger partial charge in [0.25, 0.3) is 0 Å². The maximum atomic E-state index is 12.8. The molecule has 1 aliphatic heterocycles. The smallest absolute Gasteiger partial charge is 0.234 e. The van der Waals surface area contributed by atoms with Crippen LogP contribution in [0.15, 0.2) is 24.3 Å². The van der Waals surface area contributed by atoms with Gasteiger partial charge in [-0.05, 0) is 56.1 Å². The van der Waals surface area contributed by atoms with Crippen molar-refractivity contribution in [1.82, 2.24) is 15.5 Å². The zero-order valence-electron chi connectivity index (χ0n) is 13.7. The molecular formula is C17H27ClFN3O. The summed E-state index contributed by atoms with van der Waals surface area (Å²) >= 11 is 0. The van der Waals surface area contributed by atoms with Gasteiger partial charge >= 0.3 is 0 Å². The summed E-state index contributed by atoms with van der Waals surface area (Å²) in [5.74, 6) is 0.405. The van der Waals surface area contributed by atoms with Crippen LogP contribution in [0.3, 0.4) is 0 Å². The summed E-state index contributed by atoms with van der Waals surface area (Å²) in [5, 5.41) is 6.31. The molecule has 2 N–H and O–H groups in total. The SMILES string of the molecule is CCN(CC(=O)NCc1ccc(F)cc1)CC1CCCNC1.Cl. The number of hydrogen-bond donors (Lipinski definition) is 2. The molecule has 1 aromatic rings. The Kier molecular flexibility index (Phi) is 9.14. The van der Waals surface area contributed by atoms with Crippen molar-refractivity contribution < 1.29 is 9.18 Å². The average molecular weight is 344 g/mol. The lowest BCUT2D eigenvalue weighted by atomic mass is 9.99. The van der Waals surface area contributed by atoms with E-state index in [4.69, 9.17) is 0 Å². The Morgan fingerprint density at radius 3 is 2.74 bits per heavy atom. The molecule has 0 aliphatic carbocycles. The lowest BCUT2D eigenvalue weighted by Crippen LogP contribution is -2.42. The highest BCUT2D eigenvalue weighted by Gasteiger charge is 2.17. The lowest BCUT2D eigenvalue weighted by Gasteiger charge is -2.29. The van der Waals surface area contributed by atoms with E-state index < -0.39 is 0 Å². The minimum atomic E-state index is -0.256. The molecule has 0 saturated carbocycles. The summed E-state index contributed by atoms with van der Waals surface area (Å²) in [6.07, 6.45) is 2.46. The maximum Gasteiger partial charge on any atom is 0.234 e. The topological polar surface area (TPSA) is 44.4 Å². The van der Waals surface area contributed by atoms with E-state index >= 15 is 0 Å². The van der Waals surface area contributed by atoms with Crippen LogP contribution < -0.4 is 10.6 Å². The molecule has 6 heteroatoms. The highest BCUT2D eigenvalue weighted by atomic mass is 35.5. The fourth-order valence-corrected chi connectivity index (χ4v) is 2.81. The Labute approximate surface area is 144 Å². The van der Waals surface area contributed by atoms with Crippen molar-refractivity contribution in [2.24, 2.45) is 5.92 Å². The molecule has 0 aromatic heterocycles. The van der Waals surface area contributed by atoms with Crippen LogP contribution in [0.5, 0.6) is 0 Å². The third-order valence-electron chi connectivity index (χ3n) is 4.13. The molecule has 1 aromatic carbocycles. The van der Waals surface area contributed by atoms with Crippen LogP contribution in [-0.4, -0.2) is 43.5 Å². The minimum absolute atomic E-state index is 0. The summed E-state index contributed by atoms with van der Waals surface area (Å²) in [6, 6.07) is 6.22. The second kappa shape index (κ2) is 10.6. The molecule has 0 radical (unpaired) electrons. The summed E-state index contributed by atoms with van der Waals surface area (Å²) in [5.41, 5.74) is 0.911. The quantitative estimate of drug-likeness (QED) is 0.797. The minimum Gasteiger partial charge on any atom is -0.351 e. The van der Waals surface area contributed by atoms with Crippen molar-refractivity contribution in [3.8, 4) is 0 Å². The van der Waals surface area contributed by atoms with Crippen LogP contribution in [0.4, 0.5) is 4.39 Å². The van der Waals surface area contributed by atoms with E-state index in [1.54, 1.807) is 12.1 Å². The number of nitrogens with zero attached hydrogens (tertiary/aromatic N) is 1. The molecule has 23 heavy (non-hydrogen) atoms. The van der Waals surface area contributed by atoms with Crippen LogP contribution in [0.25, 0.3) is 0 Å². The van der Waals surface area contributed by atoms with Gasteiger partial charge in [0.1, 0.15) is 5.82 Å². The van der Waals surface area contributed by atoms with Gasteiger partial charge in [-0.15, -0.1) is 12.4 Å². The van der Waals surface area contributed by atoms with Crippen LogP contribution in [-0.2, 0) is 11.3 Å². The van der Waals surface area contributed by atoms with Gasteiger partial charge in [0.2, 0.25) is 5.91 Å². The summed E-state index contributed by atoms with van der Waals surface area (Å²) in [7, 11) is 0. The molecule has 0 bridgehead atoms. The number of carbonyl (C=O) groups is 1. The first-order valence-electron chi connectivity index (χ1n) is 8.11. The number of halogens is 2. The van der Waals surface area contributed by atoms with Crippen LogP contribution in [0.1, 0.15) is 25.3 Å². The van der Waals surface area contributed by atoms with Crippen molar-refractivity contribution in [3.05, 3.63) is 35.6 Å². The molecule has 1 fully saturated rings. The number of rotatable bonds is 7. The van der Waals surface area contributed by atoms with Gasteiger partial charge in [-0.1, -0.05) is 19.1 Å². The first-order valence-corrected chi connectivity index (χ1v) is 8.11. The van der Waals surface area contributed by atoms with Gasteiger partial charge in [0.15, 0.2) is 0 Å². The molecule has 1 saturated heterocycles. The average Bonchev–Trinajstić information content (AvgIpc) is 2.54. The first-order chi connectivity index (χ1) is 10.7. The Hall–Kier alpha value is -1.17. The number of amides is 1. The summed E-state index contributed by atoms with van der Waals surface area (Å²) in [4.78, 5) is 14.2. The molecule has 1 amide bonds. The van der Waals surface area contributed by atoms with E-state index in [2.05, 4.69) is 22.5 Å². The van der Waals surface area contributed by atoms with Crippen LogP contribution in [0, 0.1) is 11.7 Å². The Morgan fingerprint density at radius 1 is 1.39 bits per heavy atom. The van der Waals surface area contributed by atoms with Gasteiger partial charge in [0, 0.05) is 13.1 Å². The fraction of sp³-hybridized carbons (Fsp3) is 0.588. The van der Waals surface area contributed by atoms with Crippen molar-refractivity contribution in [2.75, 3.05) is 32.7 Å². The highest BCUT2D eigenvalue weighted by molar-refractivity contribution is 5.85. The zero-order valence-corrected chi connectivity index (χ0v) is 14.5. The maximum absolute atomic E-state index is 12.8. The first kappa shape index (κ1) is 19.9. The van der Waals surface area contributed by atoms with E-state index in [1.165, 1.54) is 25.0 Å². The van der Waals surface area contributed by atoms with E-state index in [9.17, 15) is 9.18 Å². The Balaban J connectivity index is 0.00000264. The van der Waals surface area contributed by atoms with Crippen molar-refractivity contribution in [2.45, 2.75) is 26.3 Å². The van der Waals surface area contributed by atoms with Gasteiger partial charge in [-0.25, -0.2) is 4.39 Å². The van der Waals surface area contributed by atoms with Crippen LogP contribution >= 0.6 is 12.4 Å². The Bertz CT molecular complexity index is 463. The summed E-state index contributed by atoms with van der Waals surface area (Å²) < 4.78 is 12.8. The lowest BCUT2D eigenvalue weighted by molar-refractivity contribution is -0.122.